The van der Waals surface area contributed by atoms with Crippen molar-refractivity contribution < 1.29 is 19.0 Å². The summed E-state index contributed by atoms with van der Waals surface area (Å²) in [5.41, 5.74) is 1.50. The van der Waals surface area contributed by atoms with Crippen molar-refractivity contribution in [3.05, 3.63) is 53.5 Å². The number of halogens is 1. The molecule has 27 heavy (non-hydrogen) atoms. The van der Waals surface area contributed by atoms with Crippen LogP contribution in [0.4, 0.5) is 4.39 Å². The molecule has 0 atom stereocenters. The molecule has 140 valence electrons. The maximum atomic E-state index is 14.0. The Bertz CT molecular complexity index is 858. The summed E-state index contributed by atoms with van der Waals surface area (Å²) in [5.74, 6) is 0.975. The number of nitrogens with zero attached hydrogens (tertiary/aromatic N) is 1. The van der Waals surface area contributed by atoms with Crippen molar-refractivity contribution >= 4 is 5.97 Å². The highest BCUT2D eigenvalue weighted by atomic mass is 19.1. The Labute approximate surface area is 157 Å². The van der Waals surface area contributed by atoms with Crippen LogP contribution >= 0.6 is 0 Å². The normalized spacial score (nSPS) is 31.1. The van der Waals surface area contributed by atoms with E-state index in [-0.39, 0.29) is 11.4 Å². The summed E-state index contributed by atoms with van der Waals surface area (Å²) in [4.78, 5) is 14.7. The van der Waals surface area contributed by atoms with E-state index >= 15 is 0 Å². The molecule has 5 heteroatoms. The minimum atomic E-state index is -1.21. The lowest BCUT2D eigenvalue weighted by molar-refractivity contribution is -0.00520. The number of ether oxygens (including phenoxy) is 1. The van der Waals surface area contributed by atoms with Crippen LogP contribution in [0, 0.1) is 23.6 Å². The lowest BCUT2D eigenvalue weighted by Crippen LogP contribution is -2.48. The van der Waals surface area contributed by atoms with Crippen molar-refractivity contribution in [2.24, 2.45) is 17.8 Å². The minimum absolute atomic E-state index is 0.197. The van der Waals surface area contributed by atoms with Gasteiger partial charge in [0.25, 0.3) is 5.88 Å². The van der Waals surface area contributed by atoms with E-state index in [1.807, 2.05) is 12.1 Å². The molecule has 4 aliphatic carbocycles. The number of hydrogen-bond donors (Lipinski definition) is 1. The highest BCUT2D eigenvalue weighted by molar-refractivity contribution is 5.87. The third-order valence-electron chi connectivity index (χ3n) is 6.77. The van der Waals surface area contributed by atoms with Crippen LogP contribution < -0.4 is 4.74 Å². The highest BCUT2D eigenvalue weighted by Gasteiger charge is 2.51. The maximum absolute atomic E-state index is 14.0. The van der Waals surface area contributed by atoms with E-state index in [2.05, 4.69) is 17.1 Å². The topological polar surface area (TPSA) is 59.4 Å². The summed E-state index contributed by atoms with van der Waals surface area (Å²) >= 11 is 0. The van der Waals surface area contributed by atoms with Crippen LogP contribution in [0.1, 0.15) is 54.4 Å². The Morgan fingerprint density at radius 3 is 2.19 bits per heavy atom. The third-order valence-corrected chi connectivity index (χ3v) is 6.77. The third kappa shape index (κ3) is 2.89. The zero-order valence-corrected chi connectivity index (χ0v) is 15.0. The SMILES string of the molecule is O=C(O)c1cnc(Oc2ccc(C34CC5CC(CC(C5)C3)C4)cc2)c(F)c1. The minimum Gasteiger partial charge on any atom is -0.478 e. The molecule has 0 aliphatic heterocycles. The number of aromatic nitrogens is 1. The van der Waals surface area contributed by atoms with Gasteiger partial charge in [-0.3, -0.25) is 0 Å². The molecular weight excluding hydrogens is 345 g/mol. The molecule has 2 aromatic rings. The summed E-state index contributed by atoms with van der Waals surface area (Å²) in [7, 11) is 0. The second-order valence-electron chi connectivity index (χ2n) is 8.64. The summed E-state index contributed by atoms with van der Waals surface area (Å²) in [6, 6.07) is 8.91. The predicted molar refractivity (Wildman–Crippen MR) is 97.5 cm³/mol. The van der Waals surface area contributed by atoms with E-state index in [1.165, 1.54) is 44.1 Å². The van der Waals surface area contributed by atoms with Gasteiger partial charge < -0.3 is 9.84 Å². The molecule has 4 fully saturated rings. The predicted octanol–water partition coefficient (Wildman–Crippen LogP) is 5.18. The molecule has 0 unspecified atom stereocenters. The first kappa shape index (κ1) is 16.7. The Hall–Kier alpha value is -2.43. The number of hydrogen-bond acceptors (Lipinski definition) is 3. The molecule has 4 nitrogen and oxygen atoms in total. The number of carbonyl (C=O) groups is 1. The molecule has 0 amide bonds. The van der Waals surface area contributed by atoms with Gasteiger partial charge in [0.2, 0.25) is 0 Å². The summed E-state index contributed by atoms with van der Waals surface area (Å²) in [6.45, 7) is 0. The Balaban J connectivity index is 1.36. The number of rotatable bonds is 4. The first-order valence-electron chi connectivity index (χ1n) is 9.68. The lowest BCUT2D eigenvalue weighted by atomic mass is 9.48. The van der Waals surface area contributed by atoms with Crippen LogP contribution in [-0.2, 0) is 5.41 Å². The average Bonchev–Trinajstić information content (AvgIpc) is 2.62. The fourth-order valence-electron chi connectivity index (χ4n) is 6.07. The monoisotopic (exact) mass is 367 g/mol. The molecule has 4 aliphatic rings. The summed E-state index contributed by atoms with van der Waals surface area (Å²) in [5, 5.41) is 8.89. The second kappa shape index (κ2) is 6.04. The first-order chi connectivity index (χ1) is 13.0. The van der Waals surface area contributed by atoms with E-state index in [0.717, 1.165) is 30.0 Å². The lowest BCUT2D eigenvalue weighted by Gasteiger charge is -2.57. The van der Waals surface area contributed by atoms with Gasteiger partial charge in [0.15, 0.2) is 5.82 Å². The quantitative estimate of drug-likeness (QED) is 0.809. The molecular formula is C22H22FNO3. The van der Waals surface area contributed by atoms with Gasteiger partial charge >= 0.3 is 5.97 Å². The number of pyridine rings is 1. The van der Waals surface area contributed by atoms with Crippen molar-refractivity contribution in [3.8, 4) is 11.6 Å². The second-order valence-corrected chi connectivity index (χ2v) is 8.64. The molecule has 6 rings (SSSR count). The van der Waals surface area contributed by atoms with Crippen molar-refractivity contribution in [2.75, 3.05) is 0 Å². The van der Waals surface area contributed by atoms with Crippen LogP contribution in [0.15, 0.2) is 36.5 Å². The Morgan fingerprint density at radius 1 is 1.07 bits per heavy atom. The fourth-order valence-corrected chi connectivity index (χ4v) is 6.07. The van der Waals surface area contributed by atoms with Gasteiger partial charge in [-0.2, -0.15) is 0 Å². The average molecular weight is 367 g/mol. The van der Waals surface area contributed by atoms with Gasteiger partial charge in [0.1, 0.15) is 5.75 Å². The van der Waals surface area contributed by atoms with Crippen LogP contribution in [0.5, 0.6) is 11.6 Å². The molecule has 4 bridgehead atoms. The van der Waals surface area contributed by atoms with Gasteiger partial charge in [-0.05, 0) is 85.5 Å². The summed E-state index contributed by atoms with van der Waals surface area (Å²) in [6.07, 6.45) is 9.24. The van der Waals surface area contributed by atoms with Gasteiger partial charge in [-0.1, -0.05) is 12.1 Å². The van der Waals surface area contributed by atoms with Gasteiger partial charge in [0.05, 0.1) is 5.56 Å². The molecule has 1 aromatic carbocycles. The number of benzene rings is 1. The number of carboxylic acids is 1. The number of aromatic carboxylic acids is 1. The van der Waals surface area contributed by atoms with E-state index in [1.54, 1.807) is 0 Å². The van der Waals surface area contributed by atoms with Crippen LogP contribution in [0.2, 0.25) is 0 Å². The standard InChI is InChI=1S/C22H22FNO3/c23-19-8-16(21(25)26)12-24-20(19)27-18-3-1-17(2-4-18)22-9-13-5-14(10-22)7-15(6-13)11-22/h1-4,8,12-15H,5-7,9-11H2,(H,25,26). The van der Waals surface area contributed by atoms with E-state index in [0.29, 0.717) is 11.2 Å². The van der Waals surface area contributed by atoms with Crippen molar-refractivity contribution in [1.82, 2.24) is 4.98 Å². The van der Waals surface area contributed by atoms with Crippen molar-refractivity contribution in [1.29, 1.82) is 0 Å². The molecule has 0 saturated heterocycles. The summed E-state index contributed by atoms with van der Waals surface area (Å²) < 4.78 is 19.6. The molecule has 0 radical (unpaired) electrons. The number of carboxylic acid groups (broad SMARTS) is 1. The molecule has 0 spiro atoms. The molecule has 1 N–H and O–H groups in total. The highest BCUT2D eigenvalue weighted by Crippen LogP contribution is 2.60. The van der Waals surface area contributed by atoms with E-state index in [4.69, 9.17) is 9.84 Å². The van der Waals surface area contributed by atoms with Crippen LogP contribution in [-0.4, -0.2) is 16.1 Å². The molecule has 4 saturated carbocycles. The van der Waals surface area contributed by atoms with Crippen LogP contribution in [0.25, 0.3) is 0 Å². The smallest absolute Gasteiger partial charge is 0.337 e. The fraction of sp³-hybridized carbons (Fsp3) is 0.455. The van der Waals surface area contributed by atoms with Crippen LogP contribution in [0.3, 0.4) is 0 Å². The van der Waals surface area contributed by atoms with Crippen molar-refractivity contribution in [3.63, 3.8) is 0 Å². The van der Waals surface area contributed by atoms with Gasteiger partial charge in [-0.25, -0.2) is 14.2 Å². The zero-order valence-electron chi connectivity index (χ0n) is 15.0. The van der Waals surface area contributed by atoms with Gasteiger partial charge in [-0.15, -0.1) is 0 Å². The molecule has 1 aromatic heterocycles. The van der Waals surface area contributed by atoms with E-state index < -0.39 is 11.8 Å². The van der Waals surface area contributed by atoms with Crippen molar-refractivity contribution in [2.45, 2.75) is 43.9 Å². The Morgan fingerprint density at radius 2 is 1.67 bits per heavy atom. The first-order valence-corrected chi connectivity index (χ1v) is 9.68. The van der Waals surface area contributed by atoms with Gasteiger partial charge in [0, 0.05) is 6.20 Å². The largest absolute Gasteiger partial charge is 0.478 e. The Kier molecular flexibility index (Phi) is 3.74. The maximum Gasteiger partial charge on any atom is 0.337 e. The van der Waals surface area contributed by atoms with E-state index in [9.17, 15) is 9.18 Å². The molecule has 1 heterocycles. The zero-order chi connectivity index (χ0) is 18.6.